The van der Waals surface area contributed by atoms with E-state index < -0.39 is 11.6 Å². The molecule has 0 bridgehead atoms. The molecule has 33 heavy (non-hydrogen) atoms. The smallest absolute Gasteiger partial charge is 0.273 e. The molecule has 3 N–H and O–H groups in total. The van der Waals surface area contributed by atoms with Crippen molar-refractivity contribution in [1.82, 2.24) is 25.4 Å². The first-order valence-electron chi connectivity index (χ1n) is 10.8. The predicted octanol–water partition coefficient (Wildman–Crippen LogP) is 2.88. The molecule has 1 aliphatic rings. The number of carbonyl (C=O) groups is 1. The number of aliphatic hydroxyl groups is 1. The first-order chi connectivity index (χ1) is 15.7. The summed E-state index contributed by atoms with van der Waals surface area (Å²) in [6.45, 7) is 1.61. The lowest BCUT2D eigenvalue weighted by Gasteiger charge is -2.42. The number of piperidine rings is 1. The van der Waals surface area contributed by atoms with E-state index in [2.05, 4.69) is 20.7 Å². The number of aromatic nitrogens is 3. The van der Waals surface area contributed by atoms with Crippen LogP contribution in [0.3, 0.4) is 0 Å². The Balaban J connectivity index is 0.00000259. The van der Waals surface area contributed by atoms with Crippen LogP contribution in [-0.4, -0.2) is 45.0 Å². The van der Waals surface area contributed by atoms with Gasteiger partial charge in [0.25, 0.3) is 5.91 Å². The number of rotatable bonds is 5. The zero-order valence-corrected chi connectivity index (χ0v) is 18.8. The van der Waals surface area contributed by atoms with E-state index in [1.54, 1.807) is 16.9 Å². The van der Waals surface area contributed by atoms with Crippen molar-refractivity contribution in [3.8, 4) is 0 Å². The van der Waals surface area contributed by atoms with Crippen molar-refractivity contribution in [2.75, 3.05) is 13.1 Å². The average molecular weight is 464 g/mol. The highest BCUT2D eigenvalue weighted by Gasteiger charge is 2.43. The summed E-state index contributed by atoms with van der Waals surface area (Å²) in [6.07, 6.45) is 1.51. The van der Waals surface area contributed by atoms with Gasteiger partial charge in [-0.15, -0.1) is 12.4 Å². The Morgan fingerprint density at radius 3 is 2.55 bits per heavy atom. The maximum Gasteiger partial charge on any atom is 0.273 e. The number of halogens is 1. The van der Waals surface area contributed by atoms with Crippen LogP contribution in [0.1, 0.15) is 28.0 Å². The molecule has 0 saturated carbocycles. The van der Waals surface area contributed by atoms with Crippen LogP contribution in [0.4, 0.5) is 0 Å². The molecule has 5 rings (SSSR count). The van der Waals surface area contributed by atoms with Crippen molar-refractivity contribution in [3.63, 3.8) is 0 Å². The van der Waals surface area contributed by atoms with Gasteiger partial charge in [0.1, 0.15) is 0 Å². The minimum atomic E-state index is -0.888. The van der Waals surface area contributed by atoms with Crippen LogP contribution < -0.4 is 10.6 Å². The van der Waals surface area contributed by atoms with Gasteiger partial charge in [-0.1, -0.05) is 60.7 Å². The maximum atomic E-state index is 13.6. The largest absolute Gasteiger partial charge is 0.389 e. The van der Waals surface area contributed by atoms with E-state index in [4.69, 9.17) is 0 Å². The number of aliphatic hydroxyl groups excluding tert-OH is 1. The lowest BCUT2D eigenvalue weighted by molar-refractivity contribution is 0.0288. The van der Waals surface area contributed by atoms with E-state index in [0.29, 0.717) is 42.8 Å². The van der Waals surface area contributed by atoms with Gasteiger partial charge in [0, 0.05) is 12.7 Å². The molecule has 1 amide bonds. The third-order valence-corrected chi connectivity index (χ3v) is 6.13. The number of hydrogen-bond acceptors (Lipinski definition) is 5. The SMILES string of the molecule is Cl.O=C(N[C@@]1(c2ccccc2)CCNC[C@H]1O)c1nn(Cc2ccccc2)c2ncccc12. The van der Waals surface area contributed by atoms with Crippen molar-refractivity contribution in [3.05, 3.63) is 95.8 Å². The van der Waals surface area contributed by atoms with Crippen molar-refractivity contribution in [2.45, 2.75) is 24.6 Å². The van der Waals surface area contributed by atoms with Crippen LogP contribution in [0.15, 0.2) is 79.0 Å². The number of pyridine rings is 1. The summed E-state index contributed by atoms with van der Waals surface area (Å²) >= 11 is 0. The van der Waals surface area contributed by atoms with Gasteiger partial charge >= 0.3 is 0 Å². The van der Waals surface area contributed by atoms with E-state index in [9.17, 15) is 9.90 Å². The van der Waals surface area contributed by atoms with Crippen LogP contribution in [0.5, 0.6) is 0 Å². The molecular formula is C25H26ClN5O2. The Morgan fingerprint density at radius 2 is 1.82 bits per heavy atom. The highest BCUT2D eigenvalue weighted by molar-refractivity contribution is 6.04. The average Bonchev–Trinajstić information content (AvgIpc) is 3.20. The number of nitrogens with zero attached hydrogens (tertiary/aromatic N) is 3. The predicted molar refractivity (Wildman–Crippen MR) is 129 cm³/mol. The second kappa shape index (κ2) is 9.70. The second-order valence-corrected chi connectivity index (χ2v) is 8.13. The van der Waals surface area contributed by atoms with Crippen molar-refractivity contribution in [1.29, 1.82) is 0 Å². The van der Waals surface area contributed by atoms with Gasteiger partial charge in [0.15, 0.2) is 11.3 Å². The van der Waals surface area contributed by atoms with Crippen LogP contribution in [-0.2, 0) is 12.1 Å². The Morgan fingerprint density at radius 1 is 1.09 bits per heavy atom. The highest BCUT2D eigenvalue weighted by atomic mass is 35.5. The number of fused-ring (bicyclic) bond motifs is 1. The van der Waals surface area contributed by atoms with Crippen LogP contribution in [0, 0.1) is 0 Å². The maximum absolute atomic E-state index is 13.6. The molecule has 0 spiro atoms. The summed E-state index contributed by atoms with van der Waals surface area (Å²) in [5.74, 6) is -0.320. The number of benzene rings is 2. The van der Waals surface area contributed by atoms with Gasteiger partial charge in [-0.3, -0.25) is 4.79 Å². The highest BCUT2D eigenvalue weighted by Crippen LogP contribution is 2.32. The minimum Gasteiger partial charge on any atom is -0.389 e. The van der Waals surface area contributed by atoms with Crippen molar-refractivity contribution < 1.29 is 9.90 Å². The Hall–Kier alpha value is -3.26. The summed E-state index contributed by atoms with van der Waals surface area (Å²) in [6, 6.07) is 23.3. The van der Waals surface area contributed by atoms with Crippen LogP contribution in [0.2, 0.25) is 0 Å². The standard InChI is InChI=1S/C25H25N5O2.ClH/c31-21-16-26-15-13-25(21,19-10-5-2-6-11-19)28-24(32)22-20-12-7-14-27-23(20)30(29-22)17-18-8-3-1-4-9-18;/h1-12,14,21,26,31H,13,15-17H2,(H,28,32);1H/t21-,25-;/m1./s1. The fraction of sp³-hybridized carbons (Fsp3) is 0.240. The third kappa shape index (κ3) is 4.35. The summed E-state index contributed by atoms with van der Waals surface area (Å²) in [4.78, 5) is 18.0. The van der Waals surface area contributed by atoms with Crippen LogP contribution >= 0.6 is 12.4 Å². The van der Waals surface area contributed by atoms with Crippen molar-refractivity contribution in [2.24, 2.45) is 0 Å². The second-order valence-electron chi connectivity index (χ2n) is 8.13. The topological polar surface area (TPSA) is 92.1 Å². The number of β-amino-alcohol motifs (C(OH)–C–C–N with tert-alkyl or cyclic N) is 1. The quantitative estimate of drug-likeness (QED) is 0.423. The fourth-order valence-electron chi connectivity index (χ4n) is 4.46. The first-order valence-corrected chi connectivity index (χ1v) is 10.8. The van der Waals surface area contributed by atoms with E-state index in [0.717, 1.165) is 11.1 Å². The number of hydrogen-bond donors (Lipinski definition) is 3. The van der Waals surface area contributed by atoms with Gasteiger partial charge in [-0.2, -0.15) is 5.10 Å². The fourth-order valence-corrected chi connectivity index (χ4v) is 4.46. The summed E-state index contributed by atoms with van der Waals surface area (Å²) < 4.78 is 1.76. The molecule has 7 nitrogen and oxygen atoms in total. The Labute approximate surface area is 198 Å². The molecule has 2 aromatic carbocycles. The van der Waals surface area contributed by atoms with E-state index in [-0.39, 0.29) is 18.3 Å². The lowest BCUT2D eigenvalue weighted by atomic mass is 9.79. The van der Waals surface area contributed by atoms with Gasteiger partial charge < -0.3 is 15.7 Å². The molecular weight excluding hydrogens is 438 g/mol. The molecule has 3 heterocycles. The van der Waals surface area contributed by atoms with E-state index >= 15 is 0 Å². The number of nitrogens with one attached hydrogen (secondary N) is 2. The molecule has 1 aliphatic heterocycles. The van der Waals surface area contributed by atoms with Gasteiger partial charge in [-0.25, -0.2) is 9.67 Å². The normalized spacial score (nSPS) is 20.2. The lowest BCUT2D eigenvalue weighted by Crippen LogP contribution is -2.61. The molecule has 1 saturated heterocycles. The first kappa shape index (κ1) is 22.9. The Bertz CT molecular complexity index is 1230. The molecule has 2 atom stereocenters. The molecule has 0 unspecified atom stereocenters. The summed E-state index contributed by atoms with van der Waals surface area (Å²) in [5, 5.41) is 22.7. The van der Waals surface area contributed by atoms with Crippen molar-refractivity contribution >= 4 is 29.3 Å². The molecule has 0 aliphatic carbocycles. The Kier molecular flexibility index (Phi) is 6.74. The summed E-state index contributed by atoms with van der Waals surface area (Å²) in [7, 11) is 0. The van der Waals surface area contributed by atoms with Gasteiger partial charge in [0.2, 0.25) is 0 Å². The molecule has 2 aromatic heterocycles. The zero-order valence-electron chi connectivity index (χ0n) is 18.0. The van der Waals surface area contributed by atoms with Crippen LogP contribution in [0.25, 0.3) is 11.0 Å². The van der Waals surface area contributed by atoms with Gasteiger partial charge in [-0.05, 0) is 36.2 Å². The van der Waals surface area contributed by atoms with E-state index in [1.165, 1.54) is 0 Å². The molecule has 170 valence electrons. The number of amides is 1. The summed E-state index contributed by atoms with van der Waals surface area (Å²) in [5.41, 5.74) is 2.03. The molecule has 4 aromatic rings. The van der Waals surface area contributed by atoms with E-state index in [1.807, 2.05) is 66.7 Å². The van der Waals surface area contributed by atoms with Gasteiger partial charge in [0.05, 0.1) is 23.6 Å². The molecule has 8 heteroatoms. The third-order valence-electron chi connectivity index (χ3n) is 6.13. The zero-order chi connectivity index (χ0) is 22.0. The minimum absolute atomic E-state index is 0. The number of carbonyl (C=O) groups excluding carboxylic acids is 1. The molecule has 0 radical (unpaired) electrons. The monoisotopic (exact) mass is 463 g/mol. The molecule has 1 fully saturated rings.